The standard InChI is InChI=1S/C29H48O8/c1-16-23(31)24(32)25(33-5)26(36-16)37-19-9-12-27(3)18(15-19)7-8-20-21(27)10-13-28(4)22(20)11-14-35-29(28,34-6)17(2)30/h7,16-17,19-26,30-32H,8-15H2,1-6H3. The Hall–Kier alpha value is -0.580. The second-order valence-electron chi connectivity index (χ2n) is 12.8. The maximum Gasteiger partial charge on any atom is 0.199 e. The molecule has 0 amide bonds. The predicted molar refractivity (Wildman–Crippen MR) is 136 cm³/mol. The number of ether oxygens (including phenoxy) is 5. The molecule has 2 saturated heterocycles. The number of aliphatic hydroxyl groups is 3. The molecule has 0 aromatic carbocycles. The van der Waals surface area contributed by atoms with Gasteiger partial charge in [-0.2, -0.15) is 0 Å². The molecule has 0 spiro atoms. The maximum absolute atomic E-state index is 10.8. The SMILES string of the molecule is COC1C(OC2CCC3(C)C(=CCC4C3CCC3(C)C4CCOC3(OC)C(C)O)C2)OC(C)C(O)C1O. The third-order valence-corrected chi connectivity index (χ3v) is 11.2. The highest BCUT2D eigenvalue weighted by atomic mass is 16.7. The quantitative estimate of drug-likeness (QED) is 0.471. The molecule has 8 nitrogen and oxygen atoms in total. The molecule has 5 rings (SSSR count). The van der Waals surface area contributed by atoms with Gasteiger partial charge in [-0.05, 0) is 82.0 Å². The van der Waals surface area contributed by atoms with Crippen molar-refractivity contribution in [2.45, 2.75) is 121 Å². The van der Waals surface area contributed by atoms with Crippen LogP contribution in [-0.4, -0.2) is 84.8 Å². The number of hydrogen-bond acceptors (Lipinski definition) is 8. The summed E-state index contributed by atoms with van der Waals surface area (Å²) < 4.78 is 30.0. The first kappa shape index (κ1) is 28.0. The average Bonchev–Trinajstić information content (AvgIpc) is 2.86. The summed E-state index contributed by atoms with van der Waals surface area (Å²) in [4.78, 5) is 0. The van der Waals surface area contributed by atoms with E-state index in [2.05, 4.69) is 19.9 Å². The summed E-state index contributed by atoms with van der Waals surface area (Å²) in [5.74, 6) is 0.609. The number of aliphatic hydroxyl groups excluding tert-OH is 3. The van der Waals surface area contributed by atoms with Gasteiger partial charge in [0.15, 0.2) is 12.1 Å². The number of rotatable bonds is 5. The Labute approximate surface area is 221 Å². The minimum absolute atomic E-state index is 0.0125. The van der Waals surface area contributed by atoms with Crippen LogP contribution in [0.15, 0.2) is 11.6 Å². The Morgan fingerprint density at radius 2 is 1.81 bits per heavy atom. The lowest BCUT2D eigenvalue weighted by molar-refractivity contribution is -0.368. The lowest BCUT2D eigenvalue weighted by Gasteiger charge is -2.64. The monoisotopic (exact) mass is 524 g/mol. The van der Waals surface area contributed by atoms with Crippen molar-refractivity contribution in [3.63, 3.8) is 0 Å². The van der Waals surface area contributed by atoms with Gasteiger partial charge in [0.25, 0.3) is 0 Å². The van der Waals surface area contributed by atoms with Crippen LogP contribution in [0.25, 0.3) is 0 Å². The molecule has 0 radical (unpaired) electrons. The van der Waals surface area contributed by atoms with Crippen LogP contribution in [-0.2, 0) is 23.7 Å². The molecule has 13 atom stereocenters. The Morgan fingerprint density at radius 1 is 1.05 bits per heavy atom. The summed E-state index contributed by atoms with van der Waals surface area (Å²) in [7, 11) is 3.19. The van der Waals surface area contributed by atoms with Crippen LogP contribution in [0.1, 0.15) is 72.6 Å². The van der Waals surface area contributed by atoms with Crippen LogP contribution in [0.5, 0.6) is 0 Å². The fourth-order valence-electron chi connectivity index (χ4n) is 9.14. The van der Waals surface area contributed by atoms with Crippen LogP contribution in [0.3, 0.4) is 0 Å². The van der Waals surface area contributed by atoms with E-state index in [9.17, 15) is 15.3 Å². The third-order valence-electron chi connectivity index (χ3n) is 11.2. The molecule has 212 valence electrons. The molecular weight excluding hydrogens is 476 g/mol. The predicted octanol–water partition coefficient (Wildman–Crippen LogP) is 3.17. The van der Waals surface area contributed by atoms with E-state index in [1.54, 1.807) is 21.0 Å². The third kappa shape index (κ3) is 4.17. The van der Waals surface area contributed by atoms with Gasteiger partial charge in [0.1, 0.15) is 24.4 Å². The van der Waals surface area contributed by atoms with Crippen molar-refractivity contribution < 1.29 is 39.0 Å². The first-order valence-electron chi connectivity index (χ1n) is 14.3. The van der Waals surface area contributed by atoms with E-state index >= 15 is 0 Å². The van der Waals surface area contributed by atoms with Crippen molar-refractivity contribution in [3.05, 3.63) is 11.6 Å². The van der Waals surface area contributed by atoms with Gasteiger partial charge in [-0.3, -0.25) is 0 Å². The van der Waals surface area contributed by atoms with Crippen molar-refractivity contribution in [1.82, 2.24) is 0 Å². The number of fused-ring (bicyclic) bond motifs is 5. The molecule has 37 heavy (non-hydrogen) atoms. The molecule has 2 heterocycles. The summed E-state index contributed by atoms with van der Waals surface area (Å²) in [5.41, 5.74) is 1.38. The molecule has 0 aromatic heterocycles. The molecule has 13 unspecified atom stereocenters. The zero-order valence-electron chi connectivity index (χ0n) is 23.4. The van der Waals surface area contributed by atoms with E-state index in [0.29, 0.717) is 24.4 Å². The van der Waals surface area contributed by atoms with Gasteiger partial charge in [0.05, 0.1) is 18.8 Å². The molecule has 4 fully saturated rings. The van der Waals surface area contributed by atoms with Gasteiger partial charge in [0, 0.05) is 19.6 Å². The molecule has 2 saturated carbocycles. The maximum atomic E-state index is 10.8. The van der Waals surface area contributed by atoms with Crippen LogP contribution >= 0.6 is 0 Å². The van der Waals surface area contributed by atoms with E-state index in [4.69, 9.17) is 23.7 Å². The van der Waals surface area contributed by atoms with Crippen molar-refractivity contribution in [2.75, 3.05) is 20.8 Å². The number of methoxy groups -OCH3 is 2. The van der Waals surface area contributed by atoms with Crippen LogP contribution < -0.4 is 0 Å². The Morgan fingerprint density at radius 3 is 2.49 bits per heavy atom. The molecule has 3 aliphatic carbocycles. The smallest absolute Gasteiger partial charge is 0.199 e. The number of hydrogen-bond donors (Lipinski definition) is 3. The fourth-order valence-corrected chi connectivity index (χ4v) is 9.14. The van der Waals surface area contributed by atoms with Gasteiger partial charge in [-0.25, -0.2) is 0 Å². The summed E-state index contributed by atoms with van der Waals surface area (Å²) >= 11 is 0. The Bertz CT molecular complexity index is 863. The molecule has 5 aliphatic rings. The molecule has 3 N–H and O–H groups in total. The molecule has 2 aliphatic heterocycles. The lowest BCUT2D eigenvalue weighted by atomic mass is 9.45. The Kier molecular flexibility index (Phi) is 7.64. The molecular formula is C29H48O8. The summed E-state index contributed by atoms with van der Waals surface area (Å²) in [6.45, 7) is 8.89. The van der Waals surface area contributed by atoms with E-state index in [1.807, 2.05) is 0 Å². The second kappa shape index (κ2) is 10.1. The fraction of sp³-hybridized carbons (Fsp3) is 0.931. The summed E-state index contributed by atoms with van der Waals surface area (Å²) in [6, 6.07) is 0. The summed E-state index contributed by atoms with van der Waals surface area (Å²) in [5, 5.41) is 31.5. The van der Waals surface area contributed by atoms with E-state index in [0.717, 1.165) is 44.9 Å². The summed E-state index contributed by atoms with van der Waals surface area (Å²) in [6.07, 6.45) is 4.69. The molecule has 0 bridgehead atoms. The average molecular weight is 525 g/mol. The first-order valence-corrected chi connectivity index (χ1v) is 14.3. The van der Waals surface area contributed by atoms with Crippen molar-refractivity contribution in [2.24, 2.45) is 28.6 Å². The number of allylic oxidation sites excluding steroid dienone is 1. The van der Waals surface area contributed by atoms with Gasteiger partial charge in [0.2, 0.25) is 0 Å². The Balaban J connectivity index is 1.33. The lowest BCUT2D eigenvalue weighted by Crippen LogP contribution is -2.67. The van der Waals surface area contributed by atoms with Crippen LogP contribution in [0, 0.1) is 28.6 Å². The van der Waals surface area contributed by atoms with Gasteiger partial charge >= 0.3 is 0 Å². The zero-order valence-corrected chi connectivity index (χ0v) is 23.4. The second-order valence-corrected chi connectivity index (χ2v) is 12.8. The topological polar surface area (TPSA) is 107 Å². The van der Waals surface area contributed by atoms with E-state index in [-0.39, 0.29) is 16.9 Å². The minimum atomic E-state index is -1.04. The largest absolute Gasteiger partial charge is 0.388 e. The zero-order chi connectivity index (χ0) is 26.8. The van der Waals surface area contributed by atoms with Crippen molar-refractivity contribution in [3.8, 4) is 0 Å². The highest BCUT2D eigenvalue weighted by Crippen LogP contribution is 2.66. The molecule has 0 aromatic rings. The highest BCUT2D eigenvalue weighted by Gasteiger charge is 2.65. The van der Waals surface area contributed by atoms with Crippen LogP contribution in [0.2, 0.25) is 0 Å². The van der Waals surface area contributed by atoms with E-state index < -0.39 is 42.6 Å². The highest BCUT2D eigenvalue weighted by molar-refractivity contribution is 5.25. The van der Waals surface area contributed by atoms with Crippen molar-refractivity contribution in [1.29, 1.82) is 0 Å². The van der Waals surface area contributed by atoms with Crippen LogP contribution in [0.4, 0.5) is 0 Å². The minimum Gasteiger partial charge on any atom is -0.388 e. The van der Waals surface area contributed by atoms with E-state index in [1.165, 1.54) is 12.7 Å². The van der Waals surface area contributed by atoms with Gasteiger partial charge in [-0.15, -0.1) is 0 Å². The van der Waals surface area contributed by atoms with Crippen molar-refractivity contribution >= 4 is 0 Å². The first-order chi connectivity index (χ1) is 17.5. The molecule has 8 heteroatoms. The van der Waals surface area contributed by atoms with Gasteiger partial charge < -0.3 is 39.0 Å². The van der Waals surface area contributed by atoms with Gasteiger partial charge in [-0.1, -0.05) is 25.5 Å². The normalized spacial score (nSPS) is 52.9.